The first-order chi connectivity index (χ1) is 9.72. The molecule has 3 N–H and O–H groups in total. The molecule has 2 atom stereocenters. The molecule has 1 fully saturated rings. The molecule has 2 rings (SSSR count). The van der Waals surface area contributed by atoms with Crippen LogP contribution in [0.2, 0.25) is 0 Å². The van der Waals surface area contributed by atoms with Crippen molar-refractivity contribution in [2.75, 3.05) is 25.0 Å². The first kappa shape index (κ1) is 15.3. The number of likely N-dealkylation sites (tertiary alicyclic amines) is 1. The van der Waals surface area contributed by atoms with Gasteiger partial charge in [0.1, 0.15) is 6.04 Å². The molecule has 1 aromatic rings. The van der Waals surface area contributed by atoms with Gasteiger partial charge >= 0.3 is 0 Å². The Kier molecular flexibility index (Phi) is 5.80. The van der Waals surface area contributed by atoms with E-state index >= 15 is 0 Å². The maximum absolute atomic E-state index is 5.38. The van der Waals surface area contributed by atoms with Gasteiger partial charge in [-0.25, -0.2) is 0 Å². The van der Waals surface area contributed by atoms with E-state index in [2.05, 4.69) is 48.7 Å². The number of aryl methyl sites for hydroxylation is 1. The summed E-state index contributed by atoms with van der Waals surface area (Å²) in [5.74, 6) is 0. The summed E-state index contributed by atoms with van der Waals surface area (Å²) >= 11 is 5.38. The maximum atomic E-state index is 5.38. The average molecular weight is 292 g/mol. The molecule has 3 nitrogen and oxygen atoms in total. The fourth-order valence-corrected chi connectivity index (χ4v) is 3.11. The molecule has 1 saturated heterocycles. The monoisotopic (exact) mass is 292 g/mol. The number of anilines is 1. The Morgan fingerprint density at radius 3 is 2.70 bits per heavy atom. The van der Waals surface area contributed by atoms with Gasteiger partial charge in [-0.2, -0.15) is 0 Å². The van der Waals surface area contributed by atoms with Crippen LogP contribution < -0.4 is 15.5 Å². The van der Waals surface area contributed by atoms with E-state index in [1.807, 2.05) is 0 Å². The molecule has 0 radical (unpaired) electrons. The van der Waals surface area contributed by atoms with E-state index in [-0.39, 0.29) is 0 Å². The van der Waals surface area contributed by atoms with Gasteiger partial charge in [0.25, 0.3) is 0 Å². The van der Waals surface area contributed by atoms with Gasteiger partial charge in [0.2, 0.25) is 0 Å². The van der Waals surface area contributed by atoms with Crippen LogP contribution in [0.5, 0.6) is 0 Å². The number of hydrogen-bond donors (Lipinski definition) is 3. The molecule has 0 aliphatic carbocycles. The topological polar surface area (TPSA) is 28.5 Å². The third-order valence-electron chi connectivity index (χ3n) is 4.21. The number of benzene rings is 1. The van der Waals surface area contributed by atoms with Gasteiger partial charge in [-0.15, -0.1) is 0 Å². The van der Waals surface area contributed by atoms with Crippen LogP contribution in [0.15, 0.2) is 24.3 Å². The lowest BCUT2D eigenvalue weighted by Crippen LogP contribution is -3.14. The number of quaternary nitrogens is 1. The van der Waals surface area contributed by atoms with E-state index in [9.17, 15) is 0 Å². The van der Waals surface area contributed by atoms with Gasteiger partial charge in [-0.1, -0.05) is 19.1 Å². The van der Waals surface area contributed by atoms with Crippen LogP contribution in [-0.2, 0) is 6.42 Å². The van der Waals surface area contributed by atoms with Gasteiger partial charge in [0.15, 0.2) is 5.11 Å². The fraction of sp³-hybridized carbons (Fsp3) is 0.562. The molecule has 1 aromatic carbocycles. The van der Waals surface area contributed by atoms with Crippen LogP contribution in [0, 0.1) is 0 Å². The minimum absolute atomic E-state index is 0.710. The highest BCUT2D eigenvalue weighted by Crippen LogP contribution is 2.09. The van der Waals surface area contributed by atoms with Crippen LogP contribution in [0.1, 0.15) is 32.3 Å². The fourth-order valence-electron chi connectivity index (χ4n) is 2.91. The second-order valence-electron chi connectivity index (χ2n) is 5.49. The Balaban J connectivity index is 1.77. The highest BCUT2D eigenvalue weighted by Gasteiger charge is 2.26. The molecule has 0 aromatic heterocycles. The predicted octanol–water partition coefficient (Wildman–Crippen LogP) is 1.60. The number of likely N-dealkylation sites (N-methyl/N-ethyl adjacent to an activating group) is 1. The Hall–Kier alpha value is -1.13. The normalized spacial score (nSPS) is 21.7. The summed E-state index contributed by atoms with van der Waals surface area (Å²) < 4.78 is 0. The van der Waals surface area contributed by atoms with Crippen LogP contribution in [-0.4, -0.2) is 30.8 Å². The quantitative estimate of drug-likeness (QED) is 0.720. The maximum Gasteiger partial charge on any atom is 0.170 e. The van der Waals surface area contributed by atoms with E-state index < -0.39 is 0 Å². The summed E-state index contributed by atoms with van der Waals surface area (Å²) in [6.07, 6.45) is 3.72. The van der Waals surface area contributed by atoms with Crippen molar-refractivity contribution in [1.29, 1.82) is 0 Å². The third kappa shape index (κ3) is 4.18. The zero-order valence-electron chi connectivity index (χ0n) is 12.5. The molecule has 1 heterocycles. The molecule has 1 unspecified atom stereocenters. The smallest absolute Gasteiger partial charge is 0.170 e. The Morgan fingerprint density at radius 2 is 2.05 bits per heavy atom. The third-order valence-corrected chi connectivity index (χ3v) is 4.46. The second kappa shape index (κ2) is 7.60. The largest absolute Gasteiger partial charge is 0.356 e. The first-order valence-corrected chi connectivity index (χ1v) is 8.12. The van der Waals surface area contributed by atoms with Crippen molar-refractivity contribution in [1.82, 2.24) is 5.32 Å². The Morgan fingerprint density at radius 1 is 1.30 bits per heavy atom. The molecule has 1 aliphatic rings. The minimum Gasteiger partial charge on any atom is -0.356 e. The van der Waals surface area contributed by atoms with E-state index in [0.29, 0.717) is 6.04 Å². The molecule has 1 aliphatic heterocycles. The Bertz CT molecular complexity index is 430. The predicted molar refractivity (Wildman–Crippen MR) is 89.4 cm³/mol. The number of thiocarbonyl (C=S) groups is 1. The molecule has 4 heteroatoms. The summed E-state index contributed by atoms with van der Waals surface area (Å²) in [6.45, 7) is 7.92. The molecule has 0 amide bonds. The average Bonchev–Trinajstić information content (AvgIpc) is 2.93. The molecule has 110 valence electrons. The van der Waals surface area contributed by atoms with E-state index in [1.165, 1.54) is 31.5 Å². The Labute approximate surface area is 127 Å². The van der Waals surface area contributed by atoms with E-state index in [4.69, 9.17) is 12.2 Å². The van der Waals surface area contributed by atoms with Gasteiger partial charge in [-0.3, -0.25) is 0 Å². The lowest BCUT2D eigenvalue weighted by Gasteiger charge is -2.21. The van der Waals surface area contributed by atoms with Crippen LogP contribution in [0.25, 0.3) is 0 Å². The molecular weight excluding hydrogens is 266 g/mol. The molecule has 0 spiro atoms. The summed E-state index contributed by atoms with van der Waals surface area (Å²) in [6, 6.07) is 9.18. The minimum atomic E-state index is 0.710. The van der Waals surface area contributed by atoms with Crippen molar-refractivity contribution >= 4 is 23.0 Å². The summed E-state index contributed by atoms with van der Waals surface area (Å²) in [5, 5.41) is 7.36. The molecular formula is C16H26N3S+. The first-order valence-electron chi connectivity index (χ1n) is 7.71. The lowest BCUT2D eigenvalue weighted by molar-refractivity contribution is -0.909. The number of hydrogen-bond acceptors (Lipinski definition) is 1. The zero-order valence-corrected chi connectivity index (χ0v) is 13.4. The highest BCUT2D eigenvalue weighted by atomic mass is 32.1. The standard InChI is InChI=1S/C16H25N3S/c1-3-13-7-9-14(10-8-13)18-16(20)17-12-15-6-5-11-19(15)4-2/h7-10,15H,3-6,11-12H2,1-2H3,(H2,17,18,20)/p+1/t15-/m1/s1. The highest BCUT2D eigenvalue weighted by molar-refractivity contribution is 7.80. The van der Waals surface area contributed by atoms with Gasteiger partial charge in [0, 0.05) is 18.5 Å². The molecule has 0 saturated carbocycles. The van der Waals surface area contributed by atoms with Gasteiger partial charge in [0.05, 0.1) is 19.6 Å². The summed E-state index contributed by atoms with van der Waals surface area (Å²) in [5.41, 5.74) is 2.41. The van der Waals surface area contributed by atoms with Crippen molar-refractivity contribution in [2.45, 2.75) is 39.2 Å². The second-order valence-corrected chi connectivity index (χ2v) is 5.89. The lowest BCUT2D eigenvalue weighted by atomic mass is 10.1. The van der Waals surface area contributed by atoms with Crippen LogP contribution in [0.4, 0.5) is 5.69 Å². The summed E-state index contributed by atoms with van der Waals surface area (Å²) in [7, 11) is 0. The van der Waals surface area contributed by atoms with Crippen LogP contribution >= 0.6 is 12.2 Å². The van der Waals surface area contributed by atoms with Crippen molar-refractivity contribution in [3.8, 4) is 0 Å². The SMILES string of the molecule is CCc1ccc(NC(=S)NC[C@H]2CCC[NH+]2CC)cc1. The van der Waals surface area contributed by atoms with Gasteiger partial charge < -0.3 is 15.5 Å². The van der Waals surface area contributed by atoms with Crippen molar-refractivity contribution in [3.05, 3.63) is 29.8 Å². The van der Waals surface area contributed by atoms with E-state index in [1.54, 1.807) is 4.90 Å². The van der Waals surface area contributed by atoms with Crippen molar-refractivity contribution in [3.63, 3.8) is 0 Å². The number of nitrogens with one attached hydrogen (secondary N) is 3. The zero-order chi connectivity index (χ0) is 14.4. The molecule has 0 bridgehead atoms. The molecule has 20 heavy (non-hydrogen) atoms. The summed E-state index contributed by atoms with van der Waals surface area (Å²) in [4.78, 5) is 1.70. The van der Waals surface area contributed by atoms with E-state index in [0.717, 1.165) is 23.8 Å². The van der Waals surface area contributed by atoms with Crippen molar-refractivity contribution < 1.29 is 4.90 Å². The van der Waals surface area contributed by atoms with Gasteiger partial charge in [-0.05, 0) is 43.3 Å². The van der Waals surface area contributed by atoms with Crippen LogP contribution in [0.3, 0.4) is 0 Å². The number of rotatable bonds is 5. The van der Waals surface area contributed by atoms with Crippen molar-refractivity contribution in [2.24, 2.45) is 0 Å².